The molecule has 1 aromatic heterocycles. The highest BCUT2D eigenvalue weighted by Crippen LogP contribution is 2.44. The molecule has 0 N–H and O–H groups in total. The molecule has 0 spiro atoms. The molecule has 0 saturated carbocycles. The maximum Gasteiger partial charge on any atom is 0.0688 e. The normalized spacial score (nSPS) is 13.3. The van der Waals surface area contributed by atoms with Gasteiger partial charge in [0, 0.05) is 30.1 Å². The first-order valence-corrected chi connectivity index (χ1v) is 14.9. The molecule has 0 aliphatic carbocycles. The van der Waals surface area contributed by atoms with Crippen LogP contribution >= 0.6 is 0 Å². The molecular weight excluding hydrogens is 520 g/mol. The summed E-state index contributed by atoms with van der Waals surface area (Å²) in [6.45, 7) is 2.98. The van der Waals surface area contributed by atoms with Crippen LogP contribution in [0.4, 0.5) is 0 Å². The molecule has 0 amide bonds. The maximum atomic E-state index is 4.79. The molecule has 2 heterocycles. The second kappa shape index (κ2) is 10.5. The number of hydrogen-bond donors (Lipinski definition) is 0. The first-order valence-electron chi connectivity index (χ1n) is 14.9. The summed E-state index contributed by atoms with van der Waals surface area (Å²) >= 11 is 0. The zero-order chi connectivity index (χ0) is 28.8. The zero-order valence-corrected chi connectivity index (χ0v) is 24.1. The van der Waals surface area contributed by atoms with Crippen LogP contribution in [-0.2, 0) is 0 Å². The fourth-order valence-corrected chi connectivity index (χ4v) is 6.66. The highest BCUT2D eigenvalue weighted by Gasteiger charge is 2.17. The molecule has 0 atom stereocenters. The number of aliphatic imine (C=N–C) groups is 1. The Morgan fingerprint density at radius 1 is 0.488 bits per heavy atom. The molecule has 8 rings (SSSR count). The summed E-state index contributed by atoms with van der Waals surface area (Å²) in [7, 11) is 0. The molecule has 2 heteroatoms. The van der Waals surface area contributed by atoms with Gasteiger partial charge in [0.25, 0.3) is 0 Å². The molecule has 0 fully saturated rings. The molecule has 0 unspecified atom stereocenters. The number of hydrogen-bond acceptors (Lipinski definition) is 2. The van der Waals surface area contributed by atoms with Crippen molar-refractivity contribution < 1.29 is 0 Å². The van der Waals surface area contributed by atoms with E-state index in [2.05, 4.69) is 139 Å². The van der Waals surface area contributed by atoms with Crippen LogP contribution in [0.2, 0.25) is 0 Å². The van der Waals surface area contributed by atoms with Crippen LogP contribution in [0, 0.1) is 0 Å². The van der Waals surface area contributed by atoms with Crippen LogP contribution in [-0.4, -0.2) is 17.2 Å². The van der Waals surface area contributed by atoms with Gasteiger partial charge in [0.2, 0.25) is 0 Å². The van der Waals surface area contributed by atoms with Gasteiger partial charge < -0.3 is 0 Å². The summed E-state index contributed by atoms with van der Waals surface area (Å²) in [5.41, 5.74) is 10.7. The Bertz CT molecular complexity index is 2180. The van der Waals surface area contributed by atoms with Gasteiger partial charge in [-0.1, -0.05) is 109 Å². The third-order valence-electron chi connectivity index (χ3n) is 8.69. The van der Waals surface area contributed by atoms with Crippen LogP contribution in [0.5, 0.6) is 0 Å². The fraction of sp³-hybridized carbons (Fsp3) is 0.0732. The van der Waals surface area contributed by atoms with E-state index >= 15 is 0 Å². The molecule has 1 aliphatic heterocycles. The minimum atomic E-state index is 0.839. The van der Waals surface area contributed by atoms with Gasteiger partial charge in [-0.3, -0.25) is 9.98 Å². The summed E-state index contributed by atoms with van der Waals surface area (Å²) in [5, 5.41) is 7.52. The van der Waals surface area contributed by atoms with Crippen LogP contribution in [0.1, 0.15) is 18.9 Å². The molecule has 0 saturated heterocycles. The van der Waals surface area contributed by atoms with Crippen molar-refractivity contribution in [3.8, 4) is 33.4 Å². The number of aromatic nitrogens is 1. The van der Waals surface area contributed by atoms with Gasteiger partial charge >= 0.3 is 0 Å². The molecule has 43 heavy (non-hydrogen) atoms. The molecule has 6 aromatic carbocycles. The fourth-order valence-electron chi connectivity index (χ4n) is 6.66. The van der Waals surface area contributed by atoms with Crippen molar-refractivity contribution in [2.45, 2.75) is 13.3 Å². The van der Waals surface area contributed by atoms with Crippen molar-refractivity contribution in [3.05, 3.63) is 151 Å². The van der Waals surface area contributed by atoms with Crippen LogP contribution in [0.15, 0.2) is 150 Å². The van der Waals surface area contributed by atoms with E-state index in [1.165, 1.54) is 60.1 Å². The maximum absolute atomic E-state index is 4.79. The van der Waals surface area contributed by atoms with E-state index in [0.29, 0.717) is 0 Å². The van der Waals surface area contributed by atoms with E-state index in [-0.39, 0.29) is 0 Å². The average Bonchev–Trinajstić information content (AvgIpc) is 3.07. The number of dihydropyridines is 1. The van der Waals surface area contributed by atoms with E-state index in [1.807, 2.05) is 12.4 Å². The molecule has 204 valence electrons. The van der Waals surface area contributed by atoms with Crippen molar-refractivity contribution in [2.24, 2.45) is 4.99 Å². The molecule has 2 nitrogen and oxygen atoms in total. The Morgan fingerprint density at radius 2 is 1.07 bits per heavy atom. The number of pyridine rings is 1. The average molecular weight is 551 g/mol. The molecule has 1 aliphatic rings. The molecule has 0 radical (unpaired) electrons. The standard InChI is InChI=1S/C41H30N2/c1-27-10-9-21-43-41(27)34-24-33(25-42-26-34)30-19-17-28-18-20-31(23-32(28)22-30)40-37-15-7-5-13-35(37)39(29-11-3-2-4-12-29)36-14-6-8-16-38(36)40/h2-8,10-20,22-26H,9,21H2,1H3. The number of benzene rings is 6. The van der Waals surface area contributed by atoms with Gasteiger partial charge in [-0.2, -0.15) is 0 Å². The second-order valence-corrected chi connectivity index (χ2v) is 11.4. The van der Waals surface area contributed by atoms with Crippen molar-refractivity contribution in [1.82, 2.24) is 4.98 Å². The van der Waals surface area contributed by atoms with Crippen molar-refractivity contribution in [3.63, 3.8) is 0 Å². The smallest absolute Gasteiger partial charge is 0.0688 e. The highest BCUT2D eigenvalue weighted by atomic mass is 14.8. The Kier molecular flexibility index (Phi) is 6.19. The van der Waals surface area contributed by atoms with E-state index in [0.717, 1.165) is 35.4 Å². The van der Waals surface area contributed by atoms with Gasteiger partial charge in [-0.15, -0.1) is 0 Å². The Morgan fingerprint density at radius 3 is 1.74 bits per heavy atom. The monoisotopic (exact) mass is 550 g/mol. The van der Waals surface area contributed by atoms with Gasteiger partial charge in [-0.25, -0.2) is 0 Å². The zero-order valence-electron chi connectivity index (χ0n) is 24.1. The van der Waals surface area contributed by atoms with E-state index in [4.69, 9.17) is 4.99 Å². The SMILES string of the molecule is CC1=CCCN=C1c1cncc(-c2ccc3ccc(-c4c5ccccc5c(-c5ccccc5)c5ccccc45)cc3c2)c1. The lowest BCUT2D eigenvalue weighted by molar-refractivity contribution is 0.978. The van der Waals surface area contributed by atoms with Crippen molar-refractivity contribution in [2.75, 3.05) is 6.54 Å². The van der Waals surface area contributed by atoms with Crippen LogP contribution < -0.4 is 0 Å². The molecular formula is C41H30N2. The first-order chi connectivity index (χ1) is 21.2. The number of nitrogens with zero attached hydrogens (tertiary/aromatic N) is 2. The van der Waals surface area contributed by atoms with E-state index < -0.39 is 0 Å². The Hall–Kier alpha value is -5.34. The quantitative estimate of drug-likeness (QED) is 0.200. The topological polar surface area (TPSA) is 25.2 Å². The minimum absolute atomic E-state index is 0.839. The minimum Gasteiger partial charge on any atom is -0.284 e. The summed E-state index contributed by atoms with van der Waals surface area (Å²) in [6, 6.07) is 44.3. The summed E-state index contributed by atoms with van der Waals surface area (Å²) in [6.07, 6.45) is 7.17. The van der Waals surface area contributed by atoms with Gasteiger partial charge in [0.05, 0.1) is 5.71 Å². The Balaban J connectivity index is 1.31. The summed E-state index contributed by atoms with van der Waals surface area (Å²) < 4.78 is 0. The van der Waals surface area contributed by atoms with Gasteiger partial charge in [0.15, 0.2) is 0 Å². The summed E-state index contributed by atoms with van der Waals surface area (Å²) in [4.78, 5) is 9.40. The predicted molar refractivity (Wildman–Crippen MR) is 183 cm³/mol. The van der Waals surface area contributed by atoms with Crippen LogP contribution in [0.3, 0.4) is 0 Å². The lowest BCUT2D eigenvalue weighted by Gasteiger charge is -2.18. The lowest BCUT2D eigenvalue weighted by Crippen LogP contribution is -2.08. The second-order valence-electron chi connectivity index (χ2n) is 11.4. The molecule has 7 aromatic rings. The number of fused-ring (bicyclic) bond motifs is 3. The van der Waals surface area contributed by atoms with E-state index in [1.54, 1.807) is 0 Å². The third-order valence-corrected chi connectivity index (χ3v) is 8.69. The van der Waals surface area contributed by atoms with Gasteiger partial charge in [-0.05, 0) is 97.3 Å². The number of rotatable bonds is 4. The predicted octanol–water partition coefficient (Wildman–Crippen LogP) is 10.7. The number of allylic oxidation sites excluding steroid dienone is 1. The largest absolute Gasteiger partial charge is 0.284 e. The Labute approximate surface area is 251 Å². The highest BCUT2D eigenvalue weighted by molar-refractivity contribution is 6.21. The first kappa shape index (κ1) is 25.4. The van der Waals surface area contributed by atoms with Crippen molar-refractivity contribution in [1.29, 1.82) is 0 Å². The lowest BCUT2D eigenvalue weighted by atomic mass is 9.85. The van der Waals surface area contributed by atoms with Crippen molar-refractivity contribution >= 4 is 38.0 Å². The van der Waals surface area contributed by atoms with Gasteiger partial charge in [0.1, 0.15) is 0 Å². The summed E-state index contributed by atoms with van der Waals surface area (Å²) in [5.74, 6) is 0. The molecule has 0 bridgehead atoms. The third kappa shape index (κ3) is 4.43. The van der Waals surface area contributed by atoms with Crippen LogP contribution in [0.25, 0.3) is 65.7 Å². The van der Waals surface area contributed by atoms with E-state index in [9.17, 15) is 0 Å².